The van der Waals surface area contributed by atoms with Crippen molar-refractivity contribution < 1.29 is 18.3 Å². The highest BCUT2D eigenvalue weighted by Gasteiger charge is 2.32. The maximum absolute atomic E-state index is 14.5. The first-order valence-corrected chi connectivity index (χ1v) is 8.75. The highest BCUT2D eigenvalue weighted by Crippen LogP contribution is 2.31. The number of rotatable bonds is 3. The van der Waals surface area contributed by atoms with Crippen LogP contribution in [-0.4, -0.2) is 49.9 Å². The summed E-state index contributed by atoms with van der Waals surface area (Å²) >= 11 is 1.78. The molecule has 1 aromatic carbocycles. The second kappa shape index (κ2) is 6.92. The van der Waals surface area contributed by atoms with E-state index in [1.165, 1.54) is 17.0 Å². The van der Waals surface area contributed by atoms with Gasteiger partial charge in [-0.1, -0.05) is 0 Å². The van der Waals surface area contributed by atoms with Crippen molar-refractivity contribution in [2.24, 2.45) is 5.73 Å². The standard InChI is InChI=1S/C15H19F2N3O2S/c16-12-6-10(20-9-11(8-18)22-15(20)21)7-13(17)14(12)19-2-1-4-23-5-3-19/h6-7,11H,1-5,8-9,18H2. The molecule has 1 aromatic rings. The molecule has 126 valence electrons. The summed E-state index contributed by atoms with van der Waals surface area (Å²) in [4.78, 5) is 14.7. The van der Waals surface area contributed by atoms with Gasteiger partial charge in [0.2, 0.25) is 0 Å². The van der Waals surface area contributed by atoms with Crippen LogP contribution >= 0.6 is 11.8 Å². The van der Waals surface area contributed by atoms with E-state index in [1.807, 2.05) is 0 Å². The molecule has 2 saturated heterocycles. The van der Waals surface area contributed by atoms with Gasteiger partial charge >= 0.3 is 6.09 Å². The van der Waals surface area contributed by atoms with Crippen molar-refractivity contribution in [2.75, 3.05) is 47.5 Å². The Kier molecular flexibility index (Phi) is 4.91. The van der Waals surface area contributed by atoms with Gasteiger partial charge in [0.25, 0.3) is 0 Å². The van der Waals surface area contributed by atoms with Crippen LogP contribution in [0, 0.1) is 11.6 Å². The predicted molar refractivity (Wildman–Crippen MR) is 87.2 cm³/mol. The third-order valence-corrected chi connectivity index (χ3v) is 5.04. The second-order valence-corrected chi connectivity index (χ2v) is 6.79. The van der Waals surface area contributed by atoms with Crippen LogP contribution in [0.1, 0.15) is 6.42 Å². The van der Waals surface area contributed by atoms with Crippen LogP contribution in [0.25, 0.3) is 0 Å². The predicted octanol–water partition coefficient (Wildman–Crippen LogP) is 2.19. The highest BCUT2D eigenvalue weighted by atomic mass is 32.2. The van der Waals surface area contributed by atoms with Gasteiger partial charge in [0.1, 0.15) is 11.8 Å². The number of cyclic esters (lactones) is 1. The molecular weight excluding hydrogens is 324 g/mol. The van der Waals surface area contributed by atoms with Crippen LogP contribution in [0.2, 0.25) is 0 Å². The fourth-order valence-corrected chi connectivity index (χ4v) is 3.72. The van der Waals surface area contributed by atoms with Crippen LogP contribution in [-0.2, 0) is 4.74 Å². The first-order chi connectivity index (χ1) is 11.1. The molecule has 2 aliphatic rings. The molecule has 0 saturated carbocycles. The van der Waals surface area contributed by atoms with Crippen molar-refractivity contribution in [1.82, 2.24) is 0 Å². The SMILES string of the molecule is NCC1CN(c2cc(F)c(N3CCCSCC3)c(F)c2)C(=O)O1. The van der Waals surface area contributed by atoms with E-state index < -0.39 is 23.8 Å². The Balaban J connectivity index is 1.87. The molecule has 23 heavy (non-hydrogen) atoms. The number of carbonyl (C=O) groups is 1. The minimum atomic E-state index is -0.657. The summed E-state index contributed by atoms with van der Waals surface area (Å²) in [6.45, 7) is 1.62. The van der Waals surface area contributed by atoms with E-state index in [-0.39, 0.29) is 24.5 Å². The number of benzene rings is 1. The summed E-state index contributed by atoms with van der Waals surface area (Å²) < 4.78 is 34.0. The molecule has 2 N–H and O–H groups in total. The number of hydrogen-bond acceptors (Lipinski definition) is 5. The molecular formula is C15H19F2N3O2S. The minimum Gasteiger partial charge on any atom is -0.443 e. The quantitative estimate of drug-likeness (QED) is 0.912. The smallest absolute Gasteiger partial charge is 0.414 e. The molecule has 2 fully saturated rings. The second-order valence-electron chi connectivity index (χ2n) is 5.56. The van der Waals surface area contributed by atoms with E-state index in [2.05, 4.69) is 0 Å². The fourth-order valence-electron chi connectivity index (χ4n) is 2.83. The number of nitrogens with zero attached hydrogens (tertiary/aromatic N) is 2. The molecule has 0 radical (unpaired) electrons. The molecule has 1 amide bonds. The van der Waals surface area contributed by atoms with Crippen LogP contribution in [0.4, 0.5) is 25.0 Å². The van der Waals surface area contributed by atoms with Crippen molar-refractivity contribution in [3.8, 4) is 0 Å². The Morgan fingerprint density at radius 1 is 1.26 bits per heavy atom. The lowest BCUT2D eigenvalue weighted by molar-refractivity contribution is 0.145. The number of nitrogens with two attached hydrogens (primary N) is 1. The molecule has 2 heterocycles. The van der Waals surface area contributed by atoms with Gasteiger partial charge in [0.15, 0.2) is 11.6 Å². The van der Waals surface area contributed by atoms with E-state index in [4.69, 9.17) is 10.5 Å². The van der Waals surface area contributed by atoms with Crippen molar-refractivity contribution >= 4 is 29.2 Å². The fraction of sp³-hybridized carbons (Fsp3) is 0.533. The van der Waals surface area contributed by atoms with Crippen LogP contribution < -0.4 is 15.5 Å². The summed E-state index contributed by atoms with van der Waals surface area (Å²) in [5.41, 5.74) is 5.62. The summed E-state index contributed by atoms with van der Waals surface area (Å²) in [6.07, 6.45) is -0.184. The molecule has 0 aromatic heterocycles. The Hall–Kier alpha value is -1.54. The van der Waals surface area contributed by atoms with E-state index in [0.29, 0.717) is 13.1 Å². The molecule has 5 nitrogen and oxygen atoms in total. The number of thioether (sulfide) groups is 1. The Morgan fingerprint density at radius 2 is 2.00 bits per heavy atom. The van der Waals surface area contributed by atoms with Gasteiger partial charge in [-0.2, -0.15) is 11.8 Å². The van der Waals surface area contributed by atoms with Crippen molar-refractivity contribution in [2.45, 2.75) is 12.5 Å². The monoisotopic (exact) mass is 343 g/mol. The van der Waals surface area contributed by atoms with Crippen molar-refractivity contribution in [3.05, 3.63) is 23.8 Å². The summed E-state index contributed by atoms with van der Waals surface area (Å²) in [5.74, 6) is 0.529. The van der Waals surface area contributed by atoms with Gasteiger partial charge in [-0.25, -0.2) is 13.6 Å². The largest absolute Gasteiger partial charge is 0.443 e. The Morgan fingerprint density at radius 3 is 2.65 bits per heavy atom. The van der Waals surface area contributed by atoms with E-state index in [1.54, 1.807) is 16.7 Å². The maximum atomic E-state index is 14.5. The average molecular weight is 343 g/mol. The van der Waals surface area contributed by atoms with Gasteiger partial charge in [-0.15, -0.1) is 0 Å². The molecule has 0 bridgehead atoms. The lowest BCUT2D eigenvalue weighted by atomic mass is 10.2. The van der Waals surface area contributed by atoms with Crippen LogP contribution in [0.15, 0.2) is 12.1 Å². The first kappa shape index (κ1) is 16.3. The normalized spacial score (nSPS) is 22.2. The number of amides is 1. The first-order valence-electron chi connectivity index (χ1n) is 7.60. The molecule has 1 unspecified atom stereocenters. The van der Waals surface area contributed by atoms with E-state index in [9.17, 15) is 13.6 Å². The molecule has 1 atom stereocenters. The van der Waals surface area contributed by atoms with Crippen molar-refractivity contribution in [3.63, 3.8) is 0 Å². The van der Waals surface area contributed by atoms with Gasteiger partial charge in [0, 0.05) is 37.5 Å². The molecule has 8 heteroatoms. The zero-order valence-corrected chi connectivity index (χ0v) is 13.5. The van der Waals surface area contributed by atoms with Gasteiger partial charge < -0.3 is 15.4 Å². The van der Waals surface area contributed by atoms with E-state index in [0.717, 1.165) is 17.9 Å². The topological polar surface area (TPSA) is 58.8 Å². The van der Waals surface area contributed by atoms with Gasteiger partial charge in [-0.3, -0.25) is 4.90 Å². The number of carbonyl (C=O) groups excluding carboxylic acids is 1. The molecule has 2 aliphatic heterocycles. The zero-order chi connectivity index (χ0) is 16.4. The van der Waals surface area contributed by atoms with Crippen LogP contribution in [0.3, 0.4) is 0 Å². The van der Waals surface area contributed by atoms with Crippen LogP contribution in [0.5, 0.6) is 0 Å². The summed E-state index contributed by atoms with van der Waals surface area (Å²) in [7, 11) is 0. The van der Waals surface area contributed by atoms with Gasteiger partial charge in [-0.05, 0) is 12.2 Å². The average Bonchev–Trinajstić information content (AvgIpc) is 2.71. The minimum absolute atomic E-state index is 0.0146. The number of halogens is 2. The van der Waals surface area contributed by atoms with Gasteiger partial charge in [0.05, 0.1) is 12.2 Å². The molecule has 0 spiro atoms. The number of ether oxygens (including phenoxy) is 1. The summed E-state index contributed by atoms with van der Waals surface area (Å²) in [5, 5.41) is 0. The number of anilines is 2. The Bertz CT molecular complexity index is 571. The third kappa shape index (κ3) is 3.37. The maximum Gasteiger partial charge on any atom is 0.414 e. The molecule has 0 aliphatic carbocycles. The lowest BCUT2D eigenvalue weighted by Crippen LogP contribution is -2.29. The molecule has 3 rings (SSSR count). The van der Waals surface area contributed by atoms with E-state index >= 15 is 0 Å². The summed E-state index contributed by atoms with van der Waals surface area (Å²) in [6, 6.07) is 2.38. The zero-order valence-electron chi connectivity index (χ0n) is 12.6. The Labute approximate surface area is 137 Å². The van der Waals surface area contributed by atoms with Crippen molar-refractivity contribution in [1.29, 1.82) is 0 Å². The highest BCUT2D eigenvalue weighted by molar-refractivity contribution is 7.99. The lowest BCUT2D eigenvalue weighted by Gasteiger charge is -2.24. The third-order valence-electron chi connectivity index (χ3n) is 3.99. The number of hydrogen-bond donors (Lipinski definition) is 1.